The van der Waals surface area contributed by atoms with Gasteiger partial charge in [0.1, 0.15) is 0 Å². The molecule has 3 amide bonds. The molecule has 34 heavy (non-hydrogen) atoms. The van der Waals surface area contributed by atoms with Gasteiger partial charge in [-0.05, 0) is 49.6 Å². The number of pyridine rings is 1. The van der Waals surface area contributed by atoms with Gasteiger partial charge in [-0.2, -0.15) is 0 Å². The topological polar surface area (TPSA) is 118 Å². The van der Waals surface area contributed by atoms with Gasteiger partial charge in [0.15, 0.2) is 5.65 Å². The number of carbonyl (C=O) groups excluding carboxylic acids is 3. The maximum absolute atomic E-state index is 13.0. The summed E-state index contributed by atoms with van der Waals surface area (Å²) in [6, 6.07) is 11.9. The number of fused-ring (bicyclic) bond motifs is 2. The zero-order chi connectivity index (χ0) is 23.7. The van der Waals surface area contributed by atoms with E-state index >= 15 is 0 Å². The van der Waals surface area contributed by atoms with Crippen LogP contribution in [0.2, 0.25) is 0 Å². The van der Waals surface area contributed by atoms with Crippen LogP contribution in [0.25, 0.3) is 5.65 Å². The van der Waals surface area contributed by atoms with Crippen molar-refractivity contribution in [3.8, 4) is 0 Å². The summed E-state index contributed by atoms with van der Waals surface area (Å²) in [6.45, 7) is 0.713. The molecule has 5 rings (SSSR count). The number of hydrazine groups is 1. The molecule has 1 aliphatic carbocycles. The van der Waals surface area contributed by atoms with E-state index in [2.05, 4.69) is 15.8 Å². The molecule has 174 valence electrons. The van der Waals surface area contributed by atoms with Gasteiger partial charge in [0.2, 0.25) is 11.8 Å². The first-order valence-corrected chi connectivity index (χ1v) is 11.2. The van der Waals surface area contributed by atoms with Crippen LogP contribution < -0.4 is 21.4 Å². The van der Waals surface area contributed by atoms with Crippen LogP contribution in [0, 0.1) is 11.8 Å². The van der Waals surface area contributed by atoms with Crippen molar-refractivity contribution >= 4 is 29.1 Å². The molecule has 2 aromatic heterocycles. The average molecular weight is 460 g/mol. The first-order valence-electron chi connectivity index (χ1n) is 11.2. The summed E-state index contributed by atoms with van der Waals surface area (Å²) in [5.41, 5.74) is 3.83. The van der Waals surface area contributed by atoms with Gasteiger partial charge in [-0.25, -0.2) is 14.5 Å². The molecule has 1 aromatic carbocycles. The maximum Gasteiger partial charge on any atom is 0.350 e. The zero-order valence-electron chi connectivity index (χ0n) is 18.4. The number of carbonyl (C=O) groups is 3. The van der Waals surface area contributed by atoms with Crippen molar-refractivity contribution < 1.29 is 14.4 Å². The maximum atomic E-state index is 13.0. The molecular formula is C24H24N6O4. The number of allylic oxidation sites excluding steroid dienone is 2. The number of rotatable bonds is 6. The highest BCUT2D eigenvalue weighted by atomic mass is 16.2. The second-order valence-electron chi connectivity index (χ2n) is 8.40. The molecule has 10 heteroatoms. The molecule has 2 N–H and O–H groups in total. The van der Waals surface area contributed by atoms with E-state index in [1.54, 1.807) is 42.6 Å². The Morgan fingerprint density at radius 1 is 1.06 bits per heavy atom. The van der Waals surface area contributed by atoms with Gasteiger partial charge in [0, 0.05) is 24.8 Å². The van der Waals surface area contributed by atoms with Crippen LogP contribution in [0.4, 0.5) is 5.69 Å². The Hall–Kier alpha value is -4.21. The SMILES string of the molecule is O=C(NCCCn1nc2ccccn2c1=O)c1cccc(N2NC(=O)C3CC=CCC3C2=O)c1. The fourth-order valence-electron chi connectivity index (χ4n) is 4.42. The first kappa shape index (κ1) is 21.6. The largest absolute Gasteiger partial charge is 0.352 e. The standard InChI is InChI=1S/C24H24N6O4/c31-21(25-12-6-14-29-24(34)28-13-4-3-11-20(28)26-29)16-7-5-8-17(15-16)30-23(33)19-10-2-1-9-18(19)22(32)27-30/h1-5,7-8,11,13,15,18-19H,6,9-10,12,14H2,(H,25,31)(H,27,32). The van der Waals surface area contributed by atoms with Crippen LogP contribution in [-0.2, 0) is 16.1 Å². The number of aromatic nitrogens is 3. The second-order valence-corrected chi connectivity index (χ2v) is 8.40. The van der Waals surface area contributed by atoms with E-state index < -0.39 is 0 Å². The highest BCUT2D eigenvalue weighted by molar-refractivity contribution is 6.05. The Morgan fingerprint density at radius 3 is 2.71 bits per heavy atom. The average Bonchev–Trinajstić information content (AvgIpc) is 3.19. The summed E-state index contributed by atoms with van der Waals surface area (Å²) in [6.07, 6.45) is 7.13. The van der Waals surface area contributed by atoms with E-state index in [1.165, 1.54) is 14.1 Å². The summed E-state index contributed by atoms with van der Waals surface area (Å²) in [4.78, 5) is 50.5. The van der Waals surface area contributed by atoms with Gasteiger partial charge in [0.05, 0.1) is 17.5 Å². The van der Waals surface area contributed by atoms with E-state index in [0.717, 1.165) is 0 Å². The summed E-state index contributed by atoms with van der Waals surface area (Å²) in [7, 11) is 0. The molecule has 2 unspecified atom stereocenters. The molecule has 1 aliphatic heterocycles. The van der Waals surface area contributed by atoms with Gasteiger partial charge in [-0.3, -0.25) is 24.2 Å². The number of hydrogen-bond acceptors (Lipinski definition) is 5. The van der Waals surface area contributed by atoms with Gasteiger partial charge in [-0.1, -0.05) is 24.3 Å². The minimum absolute atomic E-state index is 0.176. The molecule has 1 saturated heterocycles. The highest BCUT2D eigenvalue weighted by Crippen LogP contribution is 2.32. The van der Waals surface area contributed by atoms with Crippen molar-refractivity contribution in [2.45, 2.75) is 25.8 Å². The number of nitrogens with one attached hydrogen (secondary N) is 2. The lowest BCUT2D eigenvalue weighted by molar-refractivity contribution is -0.139. The van der Waals surface area contributed by atoms with Crippen molar-refractivity contribution in [1.82, 2.24) is 24.9 Å². The summed E-state index contributed by atoms with van der Waals surface area (Å²) in [5, 5.41) is 8.35. The third-order valence-electron chi connectivity index (χ3n) is 6.22. The Labute approximate surface area is 194 Å². The minimum atomic E-state index is -0.390. The van der Waals surface area contributed by atoms with E-state index in [4.69, 9.17) is 0 Å². The molecule has 3 aromatic rings. The zero-order valence-corrected chi connectivity index (χ0v) is 18.4. The summed E-state index contributed by atoms with van der Waals surface area (Å²) >= 11 is 0. The van der Waals surface area contributed by atoms with Gasteiger partial charge in [0.25, 0.3) is 5.91 Å². The Kier molecular flexibility index (Phi) is 5.70. The van der Waals surface area contributed by atoms with Crippen LogP contribution in [0.5, 0.6) is 0 Å². The third-order valence-corrected chi connectivity index (χ3v) is 6.22. The monoisotopic (exact) mass is 460 g/mol. The Morgan fingerprint density at radius 2 is 1.88 bits per heavy atom. The molecule has 0 spiro atoms. The molecule has 3 heterocycles. The molecule has 0 radical (unpaired) electrons. The second kappa shape index (κ2) is 8.97. The smallest absolute Gasteiger partial charge is 0.350 e. The number of benzene rings is 1. The van der Waals surface area contributed by atoms with E-state index in [0.29, 0.717) is 49.2 Å². The van der Waals surface area contributed by atoms with E-state index in [1.807, 2.05) is 18.2 Å². The summed E-state index contributed by atoms with van der Waals surface area (Å²) < 4.78 is 2.84. The van der Waals surface area contributed by atoms with Crippen molar-refractivity contribution in [3.05, 3.63) is 76.9 Å². The molecule has 0 saturated carbocycles. The van der Waals surface area contributed by atoms with Crippen LogP contribution >= 0.6 is 0 Å². The van der Waals surface area contributed by atoms with Crippen LogP contribution in [0.15, 0.2) is 65.6 Å². The van der Waals surface area contributed by atoms with Crippen LogP contribution in [-0.4, -0.2) is 38.4 Å². The van der Waals surface area contributed by atoms with Crippen molar-refractivity contribution in [3.63, 3.8) is 0 Å². The molecule has 2 atom stereocenters. The first-order chi connectivity index (χ1) is 16.5. The molecule has 0 bridgehead atoms. The van der Waals surface area contributed by atoms with Crippen molar-refractivity contribution in [2.75, 3.05) is 11.6 Å². The lowest BCUT2D eigenvalue weighted by Gasteiger charge is -2.38. The predicted octanol–water partition coefficient (Wildman–Crippen LogP) is 1.28. The highest BCUT2D eigenvalue weighted by Gasteiger charge is 2.42. The molecule has 1 fully saturated rings. The Balaban J connectivity index is 1.21. The van der Waals surface area contributed by atoms with E-state index in [9.17, 15) is 19.2 Å². The predicted molar refractivity (Wildman–Crippen MR) is 124 cm³/mol. The number of aryl methyl sites for hydroxylation is 1. The number of hydrogen-bond donors (Lipinski definition) is 2. The fraction of sp³-hybridized carbons (Fsp3) is 0.292. The van der Waals surface area contributed by atoms with Crippen molar-refractivity contribution in [1.29, 1.82) is 0 Å². The van der Waals surface area contributed by atoms with Crippen molar-refractivity contribution in [2.24, 2.45) is 11.8 Å². The number of anilines is 1. The number of nitrogens with zero attached hydrogens (tertiary/aromatic N) is 4. The fourth-order valence-corrected chi connectivity index (χ4v) is 4.42. The lowest BCUT2D eigenvalue weighted by Crippen LogP contribution is -2.59. The molecule has 10 nitrogen and oxygen atoms in total. The van der Waals surface area contributed by atoms with Crippen LogP contribution in [0.3, 0.4) is 0 Å². The molecular weight excluding hydrogens is 436 g/mol. The van der Waals surface area contributed by atoms with Crippen LogP contribution in [0.1, 0.15) is 29.6 Å². The number of amides is 3. The Bertz CT molecular complexity index is 1360. The van der Waals surface area contributed by atoms with Gasteiger partial charge >= 0.3 is 5.69 Å². The normalized spacial score (nSPS) is 19.7. The molecule has 2 aliphatic rings. The summed E-state index contributed by atoms with van der Waals surface area (Å²) in [5.74, 6) is -1.41. The van der Waals surface area contributed by atoms with Gasteiger partial charge in [-0.15, -0.1) is 5.10 Å². The third kappa shape index (κ3) is 3.98. The quantitative estimate of drug-likeness (QED) is 0.424. The van der Waals surface area contributed by atoms with E-state index in [-0.39, 0.29) is 35.2 Å². The minimum Gasteiger partial charge on any atom is -0.352 e. The lowest BCUT2D eigenvalue weighted by atomic mass is 9.80. The van der Waals surface area contributed by atoms with Gasteiger partial charge < -0.3 is 5.32 Å².